The van der Waals surface area contributed by atoms with Crippen molar-refractivity contribution in [1.29, 1.82) is 0 Å². The molecule has 0 unspecified atom stereocenters. The number of aliphatic carboxylic acids is 1. The molecule has 0 aromatic carbocycles. The van der Waals surface area contributed by atoms with Crippen molar-refractivity contribution in [1.82, 2.24) is 5.01 Å². The summed E-state index contributed by atoms with van der Waals surface area (Å²) in [4.78, 5) is 25.5. The Balaban J connectivity index is 3.60. The Kier molecular flexibility index (Phi) is 7.15. The van der Waals surface area contributed by atoms with Crippen molar-refractivity contribution in [2.75, 3.05) is 20.4 Å². The van der Waals surface area contributed by atoms with E-state index in [2.05, 4.69) is 24.8 Å². The van der Waals surface area contributed by atoms with Gasteiger partial charge in [-0.2, -0.15) is 0 Å². The topological polar surface area (TPSA) is 110 Å². The molecule has 1 N–H and O–H groups in total. The van der Waals surface area contributed by atoms with Gasteiger partial charge in [0.15, 0.2) is 0 Å². The Labute approximate surface area is 97.9 Å². The Bertz CT molecular complexity index is 280. The van der Waals surface area contributed by atoms with Crippen LogP contribution in [0.3, 0.4) is 0 Å². The van der Waals surface area contributed by atoms with E-state index < -0.39 is 18.9 Å². The standard InChI is InChI=1S/C8H15N3O6/c1-6(2)17-8(14)15-5-16-10-9-11(3)4-7(12)13/h6H,4-5H2,1-3H3,(H,12,13). The van der Waals surface area contributed by atoms with Gasteiger partial charge in [0.1, 0.15) is 6.54 Å². The van der Waals surface area contributed by atoms with E-state index in [0.717, 1.165) is 5.01 Å². The molecular formula is C8H15N3O6. The SMILES string of the molecule is CC(C)OC(=O)OCON=NN(C)CC(=O)O. The molecule has 0 aromatic heterocycles. The third-order valence-electron chi connectivity index (χ3n) is 1.17. The molecule has 0 aromatic rings. The lowest BCUT2D eigenvalue weighted by Crippen LogP contribution is -2.20. The molecule has 0 amide bonds. The maximum atomic E-state index is 10.8. The Morgan fingerprint density at radius 1 is 1.41 bits per heavy atom. The van der Waals surface area contributed by atoms with E-state index in [4.69, 9.17) is 5.11 Å². The van der Waals surface area contributed by atoms with E-state index in [-0.39, 0.29) is 12.6 Å². The normalized spacial score (nSPS) is 10.4. The minimum atomic E-state index is -1.05. The average molecular weight is 249 g/mol. The molecule has 0 aliphatic heterocycles. The largest absolute Gasteiger partial charge is 0.511 e. The van der Waals surface area contributed by atoms with Crippen molar-refractivity contribution in [3.05, 3.63) is 0 Å². The number of carbonyl (C=O) groups is 2. The predicted octanol–water partition coefficient (Wildman–Crippen LogP) is 0.821. The molecule has 0 spiro atoms. The van der Waals surface area contributed by atoms with E-state index in [1.807, 2.05) is 0 Å². The fourth-order valence-corrected chi connectivity index (χ4v) is 0.640. The third kappa shape index (κ3) is 10.2. The van der Waals surface area contributed by atoms with Crippen molar-refractivity contribution in [3.63, 3.8) is 0 Å². The molecule has 0 fully saturated rings. The van der Waals surface area contributed by atoms with Crippen molar-refractivity contribution in [3.8, 4) is 0 Å². The van der Waals surface area contributed by atoms with Gasteiger partial charge in [-0.3, -0.25) is 9.80 Å². The quantitative estimate of drug-likeness (QED) is 0.234. The summed E-state index contributed by atoms with van der Waals surface area (Å²) >= 11 is 0. The van der Waals surface area contributed by atoms with E-state index in [0.29, 0.717) is 0 Å². The number of carbonyl (C=O) groups excluding carboxylic acids is 1. The van der Waals surface area contributed by atoms with E-state index >= 15 is 0 Å². The number of carboxylic acids is 1. The molecule has 0 aliphatic rings. The summed E-state index contributed by atoms with van der Waals surface area (Å²) in [7, 11) is 1.40. The first-order chi connectivity index (χ1) is 7.91. The average Bonchev–Trinajstić information content (AvgIpc) is 2.14. The van der Waals surface area contributed by atoms with Gasteiger partial charge >= 0.3 is 12.1 Å². The minimum Gasteiger partial charge on any atom is -0.480 e. The highest BCUT2D eigenvalue weighted by Gasteiger charge is 2.05. The fourth-order valence-electron chi connectivity index (χ4n) is 0.640. The molecule has 17 heavy (non-hydrogen) atoms. The van der Waals surface area contributed by atoms with E-state index in [9.17, 15) is 9.59 Å². The molecule has 0 saturated heterocycles. The Hall–Kier alpha value is -2.06. The molecular weight excluding hydrogens is 234 g/mol. The van der Waals surface area contributed by atoms with Crippen LogP contribution in [0.25, 0.3) is 0 Å². The maximum Gasteiger partial charge on any atom is 0.511 e. The van der Waals surface area contributed by atoms with Crippen LogP contribution in [0.1, 0.15) is 13.8 Å². The molecule has 0 bridgehead atoms. The summed E-state index contributed by atoms with van der Waals surface area (Å²) in [6, 6.07) is 0. The summed E-state index contributed by atoms with van der Waals surface area (Å²) in [6.07, 6.45) is -1.17. The molecule has 0 radical (unpaired) electrons. The maximum absolute atomic E-state index is 10.8. The first-order valence-electron chi connectivity index (χ1n) is 4.71. The number of hydrogen-bond donors (Lipinski definition) is 1. The molecule has 0 saturated carbocycles. The number of rotatable bonds is 7. The van der Waals surface area contributed by atoms with Gasteiger partial charge in [-0.25, -0.2) is 4.79 Å². The summed E-state index contributed by atoms with van der Waals surface area (Å²) in [5.41, 5.74) is 0. The lowest BCUT2D eigenvalue weighted by atomic mass is 10.5. The lowest BCUT2D eigenvalue weighted by Gasteiger charge is -2.08. The van der Waals surface area contributed by atoms with Gasteiger partial charge in [0, 0.05) is 12.3 Å². The fraction of sp³-hybridized carbons (Fsp3) is 0.750. The number of ether oxygens (including phenoxy) is 2. The van der Waals surface area contributed by atoms with Crippen molar-refractivity contribution >= 4 is 12.1 Å². The monoisotopic (exact) mass is 249 g/mol. The molecule has 98 valence electrons. The van der Waals surface area contributed by atoms with Crippen LogP contribution >= 0.6 is 0 Å². The predicted molar refractivity (Wildman–Crippen MR) is 53.8 cm³/mol. The molecule has 9 nitrogen and oxygen atoms in total. The minimum absolute atomic E-state index is 0.286. The van der Waals surface area contributed by atoms with Gasteiger partial charge in [0.2, 0.25) is 0 Å². The van der Waals surface area contributed by atoms with Crippen molar-refractivity contribution in [2.24, 2.45) is 10.5 Å². The van der Waals surface area contributed by atoms with Crippen LogP contribution in [-0.4, -0.2) is 48.7 Å². The van der Waals surface area contributed by atoms with Crippen molar-refractivity contribution in [2.45, 2.75) is 20.0 Å². The zero-order chi connectivity index (χ0) is 13.3. The Morgan fingerprint density at radius 3 is 2.59 bits per heavy atom. The second-order valence-corrected chi connectivity index (χ2v) is 3.19. The van der Waals surface area contributed by atoms with Crippen LogP contribution < -0.4 is 0 Å². The summed E-state index contributed by atoms with van der Waals surface area (Å²) < 4.78 is 9.07. The molecule has 0 rings (SSSR count). The van der Waals surface area contributed by atoms with Crippen LogP contribution in [0, 0.1) is 0 Å². The zero-order valence-electron chi connectivity index (χ0n) is 9.82. The highest BCUT2D eigenvalue weighted by Crippen LogP contribution is 1.93. The van der Waals surface area contributed by atoms with Gasteiger partial charge in [-0.05, 0) is 19.1 Å². The first-order valence-corrected chi connectivity index (χ1v) is 4.71. The number of hydrogen-bond acceptors (Lipinski definition) is 7. The number of likely N-dealkylation sites (N-methyl/N-ethyl adjacent to an activating group) is 1. The highest BCUT2D eigenvalue weighted by molar-refractivity contribution is 5.68. The molecule has 0 heterocycles. The lowest BCUT2D eigenvalue weighted by molar-refractivity contribution is -0.138. The smallest absolute Gasteiger partial charge is 0.480 e. The van der Waals surface area contributed by atoms with Gasteiger partial charge in [0.05, 0.1) is 6.10 Å². The number of nitrogens with zero attached hydrogens (tertiary/aromatic N) is 3. The van der Waals surface area contributed by atoms with E-state index in [1.54, 1.807) is 13.8 Å². The van der Waals surface area contributed by atoms with Gasteiger partial charge < -0.3 is 19.4 Å². The van der Waals surface area contributed by atoms with Gasteiger partial charge in [0.25, 0.3) is 6.79 Å². The van der Waals surface area contributed by atoms with Crippen LogP contribution in [0.5, 0.6) is 0 Å². The third-order valence-corrected chi connectivity index (χ3v) is 1.17. The summed E-state index contributed by atoms with van der Waals surface area (Å²) in [5.74, 6) is -1.05. The first kappa shape index (κ1) is 14.9. The molecule has 9 heteroatoms. The highest BCUT2D eigenvalue weighted by atomic mass is 16.8. The van der Waals surface area contributed by atoms with Crippen LogP contribution in [-0.2, 0) is 19.1 Å². The Morgan fingerprint density at radius 2 is 2.06 bits per heavy atom. The van der Waals surface area contributed by atoms with E-state index in [1.165, 1.54) is 7.05 Å². The summed E-state index contributed by atoms with van der Waals surface area (Å²) in [6.45, 7) is 2.56. The van der Waals surface area contributed by atoms with Crippen LogP contribution in [0.4, 0.5) is 4.79 Å². The number of carboxylic acid groups (broad SMARTS) is 1. The van der Waals surface area contributed by atoms with Crippen molar-refractivity contribution < 1.29 is 29.0 Å². The van der Waals surface area contributed by atoms with Gasteiger partial charge in [-0.1, -0.05) is 0 Å². The van der Waals surface area contributed by atoms with Crippen LogP contribution in [0.2, 0.25) is 0 Å². The summed E-state index contributed by atoms with van der Waals surface area (Å²) in [5, 5.41) is 15.9. The zero-order valence-corrected chi connectivity index (χ0v) is 9.82. The van der Waals surface area contributed by atoms with Crippen LogP contribution in [0.15, 0.2) is 10.5 Å². The molecule has 0 atom stereocenters. The molecule has 0 aliphatic carbocycles. The van der Waals surface area contributed by atoms with Gasteiger partial charge in [-0.15, -0.1) is 0 Å². The second kappa shape index (κ2) is 8.13. The second-order valence-electron chi connectivity index (χ2n) is 3.19.